The van der Waals surface area contributed by atoms with Crippen LogP contribution in [0.1, 0.15) is 51.4 Å². The van der Waals surface area contributed by atoms with Crippen LogP contribution in [0.15, 0.2) is 0 Å². The molecule has 0 aromatic carbocycles. The summed E-state index contributed by atoms with van der Waals surface area (Å²) in [5.41, 5.74) is -0.233. The van der Waals surface area contributed by atoms with Crippen LogP contribution < -0.4 is 0 Å². The van der Waals surface area contributed by atoms with E-state index in [2.05, 4.69) is 11.0 Å². The van der Waals surface area contributed by atoms with E-state index in [1.165, 1.54) is 25.7 Å². The maximum Gasteiger partial charge on any atom is 0.111 e. The highest BCUT2D eigenvalue weighted by Gasteiger charge is 2.41. The summed E-state index contributed by atoms with van der Waals surface area (Å²) >= 11 is 0. The van der Waals surface area contributed by atoms with Crippen molar-refractivity contribution in [1.29, 1.82) is 5.26 Å². The van der Waals surface area contributed by atoms with Gasteiger partial charge < -0.3 is 4.74 Å². The molecule has 2 unspecified atom stereocenters. The van der Waals surface area contributed by atoms with Crippen LogP contribution >= 0.6 is 0 Å². The van der Waals surface area contributed by atoms with Gasteiger partial charge in [-0.15, -0.1) is 0 Å². The summed E-state index contributed by atoms with van der Waals surface area (Å²) in [5, 5.41) is 9.65. The average Bonchev–Trinajstić information content (AvgIpc) is 2.68. The van der Waals surface area contributed by atoms with Crippen LogP contribution in [0.2, 0.25) is 0 Å². The number of ether oxygens (including phenoxy) is 1. The zero-order valence-corrected chi connectivity index (χ0v) is 11.0. The lowest BCUT2D eigenvalue weighted by atomic mass is 9.79. The highest BCUT2D eigenvalue weighted by Crippen LogP contribution is 2.35. The zero-order valence-electron chi connectivity index (χ0n) is 11.0. The number of hydrogen-bond acceptors (Lipinski definition) is 3. The van der Waals surface area contributed by atoms with Crippen molar-refractivity contribution in [3.63, 3.8) is 0 Å². The fourth-order valence-electron chi connectivity index (χ4n) is 3.36. The molecule has 2 rings (SSSR count). The second kappa shape index (κ2) is 5.84. The first-order valence-electron chi connectivity index (χ1n) is 7.00. The number of nitriles is 1. The average molecular weight is 236 g/mol. The van der Waals surface area contributed by atoms with Crippen molar-refractivity contribution < 1.29 is 4.74 Å². The third-order valence-electron chi connectivity index (χ3n) is 4.43. The molecule has 0 amide bonds. The van der Waals surface area contributed by atoms with Gasteiger partial charge in [0, 0.05) is 13.5 Å². The molecule has 3 heteroatoms. The van der Waals surface area contributed by atoms with E-state index in [9.17, 15) is 5.26 Å². The number of nitrogens with zero attached hydrogens (tertiary/aromatic N) is 2. The predicted molar refractivity (Wildman–Crippen MR) is 67.7 cm³/mol. The molecule has 1 aliphatic heterocycles. The fourth-order valence-corrected chi connectivity index (χ4v) is 3.36. The van der Waals surface area contributed by atoms with Gasteiger partial charge in [-0.1, -0.05) is 12.8 Å². The van der Waals surface area contributed by atoms with E-state index in [0.29, 0.717) is 0 Å². The molecule has 2 aliphatic rings. The lowest BCUT2D eigenvalue weighted by Gasteiger charge is -2.43. The van der Waals surface area contributed by atoms with Crippen LogP contribution in [0.25, 0.3) is 0 Å². The summed E-state index contributed by atoms with van der Waals surface area (Å²) in [4.78, 5) is 2.45. The molecular formula is C14H24N2O. The minimum atomic E-state index is -0.233. The minimum absolute atomic E-state index is 0.233. The molecule has 2 fully saturated rings. The largest absolute Gasteiger partial charge is 0.381 e. The molecule has 1 heterocycles. The van der Waals surface area contributed by atoms with Crippen LogP contribution in [0.4, 0.5) is 0 Å². The smallest absolute Gasteiger partial charge is 0.111 e. The summed E-state index contributed by atoms with van der Waals surface area (Å²) in [6, 6.07) is 2.63. The van der Waals surface area contributed by atoms with E-state index in [4.69, 9.17) is 4.74 Å². The van der Waals surface area contributed by atoms with Gasteiger partial charge in [-0.25, -0.2) is 0 Å². The molecule has 1 aliphatic carbocycles. The Hall–Kier alpha value is -0.590. The molecule has 17 heavy (non-hydrogen) atoms. The van der Waals surface area contributed by atoms with E-state index < -0.39 is 0 Å². The van der Waals surface area contributed by atoms with Crippen LogP contribution in [0.5, 0.6) is 0 Å². The van der Waals surface area contributed by atoms with Gasteiger partial charge in [0.25, 0.3) is 0 Å². The number of hydrogen-bond donors (Lipinski definition) is 0. The lowest BCUT2D eigenvalue weighted by Crippen LogP contribution is -2.52. The van der Waals surface area contributed by atoms with Crippen molar-refractivity contribution in [3.8, 4) is 6.07 Å². The summed E-state index contributed by atoms with van der Waals surface area (Å²) in [6.07, 6.45) is 9.62. The van der Waals surface area contributed by atoms with E-state index in [1.807, 2.05) is 0 Å². The van der Waals surface area contributed by atoms with Gasteiger partial charge in [0.1, 0.15) is 5.54 Å². The lowest BCUT2D eigenvalue weighted by molar-refractivity contribution is 0.00121. The van der Waals surface area contributed by atoms with Crippen molar-refractivity contribution in [2.75, 3.05) is 20.2 Å². The molecule has 0 spiro atoms. The molecule has 0 aromatic rings. The summed E-state index contributed by atoms with van der Waals surface area (Å²) < 4.78 is 5.49. The molecule has 1 saturated carbocycles. The number of likely N-dealkylation sites (tertiary alicyclic amines) is 1. The SMILES string of the molecule is COC1CCCC(C#N)(N2CCCCCC2)C1. The third kappa shape index (κ3) is 2.81. The van der Waals surface area contributed by atoms with Gasteiger partial charge in [-0.2, -0.15) is 5.26 Å². The van der Waals surface area contributed by atoms with Crippen LogP contribution in [0, 0.1) is 11.3 Å². The summed E-state index contributed by atoms with van der Waals surface area (Å²) in [7, 11) is 1.78. The molecule has 1 saturated heterocycles. The summed E-state index contributed by atoms with van der Waals surface area (Å²) in [5.74, 6) is 0. The second-order valence-electron chi connectivity index (χ2n) is 5.50. The van der Waals surface area contributed by atoms with Crippen LogP contribution in [-0.4, -0.2) is 36.7 Å². The topological polar surface area (TPSA) is 36.3 Å². The van der Waals surface area contributed by atoms with Gasteiger partial charge in [0.2, 0.25) is 0 Å². The van der Waals surface area contributed by atoms with Crippen LogP contribution in [-0.2, 0) is 4.74 Å². The molecule has 96 valence electrons. The molecule has 0 aromatic heterocycles. The molecule has 0 radical (unpaired) electrons. The second-order valence-corrected chi connectivity index (χ2v) is 5.50. The Balaban J connectivity index is 2.09. The number of rotatable bonds is 2. The molecular weight excluding hydrogens is 212 g/mol. The van der Waals surface area contributed by atoms with Crippen molar-refractivity contribution >= 4 is 0 Å². The normalized spacial score (nSPS) is 36.1. The minimum Gasteiger partial charge on any atom is -0.381 e. The van der Waals surface area contributed by atoms with E-state index in [0.717, 1.165) is 38.8 Å². The van der Waals surface area contributed by atoms with Crippen molar-refractivity contribution in [2.45, 2.75) is 63.0 Å². The quantitative estimate of drug-likeness (QED) is 0.739. The Kier molecular flexibility index (Phi) is 4.42. The van der Waals surface area contributed by atoms with E-state index in [-0.39, 0.29) is 11.6 Å². The van der Waals surface area contributed by atoms with Gasteiger partial charge in [-0.05, 0) is 45.2 Å². The number of methoxy groups -OCH3 is 1. The van der Waals surface area contributed by atoms with Crippen LogP contribution in [0.3, 0.4) is 0 Å². The summed E-state index contributed by atoms with van der Waals surface area (Å²) in [6.45, 7) is 2.20. The maximum absolute atomic E-state index is 9.65. The third-order valence-corrected chi connectivity index (χ3v) is 4.43. The first-order valence-corrected chi connectivity index (χ1v) is 7.00. The Morgan fingerprint density at radius 1 is 1.18 bits per heavy atom. The van der Waals surface area contributed by atoms with Gasteiger partial charge in [0.05, 0.1) is 12.2 Å². The first-order chi connectivity index (χ1) is 8.30. The highest BCUT2D eigenvalue weighted by atomic mass is 16.5. The van der Waals surface area contributed by atoms with Gasteiger partial charge in [0.15, 0.2) is 0 Å². The molecule has 0 bridgehead atoms. The van der Waals surface area contributed by atoms with Crippen molar-refractivity contribution in [3.05, 3.63) is 0 Å². The van der Waals surface area contributed by atoms with E-state index in [1.54, 1.807) is 7.11 Å². The Morgan fingerprint density at radius 3 is 2.47 bits per heavy atom. The zero-order chi connectivity index (χ0) is 12.1. The Morgan fingerprint density at radius 2 is 1.88 bits per heavy atom. The first kappa shape index (κ1) is 12.9. The maximum atomic E-state index is 9.65. The Labute approximate surface area is 105 Å². The van der Waals surface area contributed by atoms with Crippen molar-refractivity contribution in [2.24, 2.45) is 0 Å². The van der Waals surface area contributed by atoms with E-state index >= 15 is 0 Å². The van der Waals surface area contributed by atoms with Gasteiger partial charge >= 0.3 is 0 Å². The molecule has 0 N–H and O–H groups in total. The predicted octanol–water partition coefficient (Wildman–Crippen LogP) is 2.71. The standard InChI is InChI=1S/C14H24N2O/c1-17-13-7-6-8-14(11-13,12-15)16-9-4-2-3-5-10-16/h13H,2-11H2,1H3. The van der Waals surface area contributed by atoms with Gasteiger partial charge in [-0.3, -0.25) is 4.90 Å². The fraction of sp³-hybridized carbons (Fsp3) is 0.929. The highest BCUT2D eigenvalue weighted by molar-refractivity contribution is 5.11. The van der Waals surface area contributed by atoms with Crippen molar-refractivity contribution in [1.82, 2.24) is 4.90 Å². The molecule has 3 nitrogen and oxygen atoms in total. The monoisotopic (exact) mass is 236 g/mol. The Bertz CT molecular complexity index is 278. The molecule has 2 atom stereocenters.